The van der Waals surface area contributed by atoms with Crippen LogP contribution < -0.4 is 4.74 Å². The number of rotatable bonds is 4. The van der Waals surface area contributed by atoms with Gasteiger partial charge in [0, 0.05) is 38.0 Å². The minimum atomic E-state index is 0.594. The van der Waals surface area contributed by atoms with Gasteiger partial charge in [0.1, 0.15) is 0 Å². The number of benzene rings is 4. The van der Waals surface area contributed by atoms with Gasteiger partial charge in [0.05, 0.1) is 26.8 Å². The van der Waals surface area contributed by atoms with Crippen LogP contribution in [0.4, 0.5) is 0 Å². The van der Waals surface area contributed by atoms with Crippen molar-refractivity contribution in [2.45, 2.75) is 0 Å². The first-order valence-corrected chi connectivity index (χ1v) is 19.2. The van der Waals surface area contributed by atoms with Gasteiger partial charge in [-0.1, -0.05) is 75.9 Å². The van der Waals surface area contributed by atoms with E-state index >= 15 is 0 Å². The van der Waals surface area contributed by atoms with Gasteiger partial charge in [-0.15, -0.1) is 0 Å². The summed E-state index contributed by atoms with van der Waals surface area (Å²) in [5.74, 6) is 1.19. The zero-order valence-corrected chi connectivity index (χ0v) is 36.4. The van der Waals surface area contributed by atoms with Gasteiger partial charge in [0.2, 0.25) is 0 Å². The Hall–Kier alpha value is 2.44. The third-order valence-electron chi connectivity index (χ3n) is 5.05. The van der Waals surface area contributed by atoms with E-state index in [1.807, 2.05) is 36.4 Å². The molecule has 0 fully saturated rings. The summed E-state index contributed by atoms with van der Waals surface area (Å²) in [7, 11) is 0. The molecule has 0 saturated heterocycles. The number of halogens is 12. The van der Waals surface area contributed by atoms with E-state index in [0.717, 1.165) is 75.9 Å². The third-order valence-corrected chi connectivity index (χ3v) is 15.7. The molecule has 0 spiro atoms. The lowest BCUT2D eigenvalue weighted by Crippen LogP contribution is -1.97. The first-order chi connectivity index (χ1) is 17.3. The average Bonchev–Trinajstić information content (AvgIpc) is 2.83. The molecule has 0 aliphatic carbocycles. The Morgan fingerprint density at radius 3 is 1.05 bits per heavy atom. The Morgan fingerprint density at radius 2 is 0.730 bits per heavy atom. The summed E-state index contributed by atoms with van der Waals surface area (Å²) in [5.41, 5.74) is 3.80. The van der Waals surface area contributed by atoms with Crippen LogP contribution in [-0.2, 0) is 0 Å². The Balaban J connectivity index is 1.98. The maximum absolute atomic E-state index is 6.69. The van der Waals surface area contributed by atoms with Crippen LogP contribution in [0.2, 0.25) is 0 Å². The molecule has 0 saturated carbocycles. The lowest BCUT2D eigenvalue weighted by atomic mass is 10.0. The molecule has 0 bridgehead atoms. The number of ether oxygens (including phenoxy) is 1. The van der Waals surface area contributed by atoms with E-state index in [9.17, 15) is 0 Å². The van der Waals surface area contributed by atoms with Crippen LogP contribution in [0, 0.1) is 0 Å². The predicted molar refractivity (Wildman–Crippen MR) is 196 cm³/mol. The van der Waals surface area contributed by atoms with Gasteiger partial charge in [0.15, 0.2) is 11.5 Å². The van der Waals surface area contributed by atoms with E-state index in [-0.39, 0.29) is 0 Å². The average molecular weight is 1270 g/mol. The zero-order chi connectivity index (χ0) is 27.3. The molecular formula is C24H6Br12O. The molecule has 13 heteroatoms. The first kappa shape index (κ1) is 32.4. The van der Waals surface area contributed by atoms with Crippen molar-refractivity contribution in [3.05, 3.63) is 90.1 Å². The fourth-order valence-corrected chi connectivity index (χ4v) is 11.8. The first-order valence-electron chi connectivity index (χ1n) is 9.65. The quantitative estimate of drug-likeness (QED) is 0.146. The van der Waals surface area contributed by atoms with Gasteiger partial charge in [-0.05, 0) is 163 Å². The van der Waals surface area contributed by atoms with Gasteiger partial charge in [-0.3, -0.25) is 0 Å². The summed E-state index contributed by atoms with van der Waals surface area (Å²) in [6, 6.07) is 12.1. The number of hydrogen-bond acceptors (Lipinski definition) is 1. The highest BCUT2D eigenvalue weighted by molar-refractivity contribution is 9.15. The van der Waals surface area contributed by atoms with E-state index in [4.69, 9.17) is 4.74 Å². The summed E-state index contributed by atoms with van der Waals surface area (Å²) in [5, 5.41) is 0. The maximum Gasteiger partial charge on any atom is 0.157 e. The van der Waals surface area contributed by atoms with E-state index in [2.05, 4.69) is 191 Å². The molecule has 0 heterocycles. The van der Waals surface area contributed by atoms with Crippen LogP contribution >= 0.6 is 191 Å². The molecule has 0 radical (unpaired) electrons. The van der Waals surface area contributed by atoms with Crippen molar-refractivity contribution in [3.8, 4) is 33.8 Å². The second kappa shape index (κ2) is 13.4. The van der Waals surface area contributed by atoms with Crippen LogP contribution in [0.25, 0.3) is 22.3 Å². The second-order valence-electron chi connectivity index (χ2n) is 7.27. The topological polar surface area (TPSA) is 9.23 Å². The molecule has 192 valence electrons. The van der Waals surface area contributed by atoms with Gasteiger partial charge in [0.25, 0.3) is 0 Å². The predicted octanol–water partition coefficient (Wildman–Crippen LogP) is 16.0. The molecule has 0 aromatic heterocycles. The highest BCUT2D eigenvalue weighted by Gasteiger charge is 2.27. The summed E-state index contributed by atoms with van der Waals surface area (Å²) in [6.07, 6.45) is 0. The lowest BCUT2D eigenvalue weighted by molar-refractivity contribution is 0.470. The molecule has 1 nitrogen and oxygen atoms in total. The zero-order valence-electron chi connectivity index (χ0n) is 17.4. The van der Waals surface area contributed by atoms with Crippen LogP contribution in [0.15, 0.2) is 90.1 Å². The molecule has 0 N–H and O–H groups in total. The summed E-state index contributed by atoms with van der Waals surface area (Å²) in [4.78, 5) is 0. The normalized spacial score (nSPS) is 11.2. The summed E-state index contributed by atoms with van der Waals surface area (Å²) < 4.78 is 16.9. The van der Waals surface area contributed by atoms with Crippen molar-refractivity contribution in [3.63, 3.8) is 0 Å². The van der Waals surface area contributed by atoms with Gasteiger partial charge >= 0.3 is 0 Å². The van der Waals surface area contributed by atoms with Gasteiger partial charge in [-0.25, -0.2) is 0 Å². The molecule has 0 amide bonds. The largest absolute Gasteiger partial charge is 0.452 e. The molecule has 0 unspecified atom stereocenters. The second-order valence-corrected chi connectivity index (χ2v) is 17.2. The minimum absolute atomic E-state index is 0.594. The maximum atomic E-state index is 6.69. The molecule has 4 aromatic rings. The van der Waals surface area contributed by atoms with Crippen molar-refractivity contribution in [1.82, 2.24) is 0 Å². The van der Waals surface area contributed by atoms with E-state index in [1.54, 1.807) is 0 Å². The summed E-state index contributed by atoms with van der Waals surface area (Å²) in [6.45, 7) is 0. The van der Waals surface area contributed by atoms with Crippen molar-refractivity contribution >= 4 is 191 Å². The number of hydrogen-bond donors (Lipinski definition) is 0. The summed E-state index contributed by atoms with van der Waals surface area (Å²) >= 11 is 44.5. The van der Waals surface area contributed by atoms with E-state index in [1.165, 1.54) is 0 Å². The molecule has 37 heavy (non-hydrogen) atoms. The highest BCUT2D eigenvalue weighted by Crippen LogP contribution is 2.57. The van der Waals surface area contributed by atoms with Gasteiger partial charge in [-0.2, -0.15) is 0 Å². The van der Waals surface area contributed by atoms with Crippen LogP contribution in [0.1, 0.15) is 0 Å². The van der Waals surface area contributed by atoms with E-state index < -0.39 is 0 Å². The smallest absolute Gasteiger partial charge is 0.157 e. The van der Waals surface area contributed by atoms with Crippen molar-refractivity contribution in [2.24, 2.45) is 0 Å². The molecular weight excluding hydrogens is 1260 g/mol. The lowest BCUT2D eigenvalue weighted by Gasteiger charge is -2.22. The Bertz CT molecular complexity index is 1460. The SMILES string of the molecule is Brc1ccc(-c2c(Br)c(Br)c(Br)c(Oc3c(Br)c(Br)c(Br)c(-c4ccc(Br)cc4Br)c3Br)c2Br)c(Br)c1. The Labute approximate surface area is 314 Å². The fraction of sp³-hybridized carbons (Fsp3) is 0. The van der Waals surface area contributed by atoms with E-state index in [0.29, 0.717) is 11.5 Å². The Kier molecular flexibility index (Phi) is 11.7. The highest BCUT2D eigenvalue weighted by atomic mass is 79.9. The van der Waals surface area contributed by atoms with Crippen molar-refractivity contribution < 1.29 is 4.74 Å². The minimum Gasteiger partial charge on any atom is -0.452 e. The Morgan fingerprint density at radius 1 is 0.378 bits per heavy atom. The molecule has 0 atom stereocenters. The van der Waals surface area contributed by atoms with Crippen molar-refractivity contribution in [2.75, 3.05) is 0 Å². The monoisotopic (exact) mass is 1260 g/mol. The molecule has 4 aromatic carbocycles. The van der Waals surface area contributed by atoms with Crippen LogP contribution in [-0.4, -0.2) is 0 Å². The molecule has 4 rings (SSSR count). The van der Waals surface area contributed by atoms with Crippen molar-refractivity contribution in [1.29, 1.82) is 0 Å². The molecule has 0 aliphatic rings. The van der Waals surface area contributed by atoms with Crippen LogP contribution in [0.5, 0.6) is 11.5 Å². The molecule has 0 aliphatic heterocycles. The van der Waals surface area contributed by atoms with Gasteiger partial charge < -0.3 is 4.74 Å². The fourth-order valence-electron chi connectivity index (χ4n) is 3.36. The van der Waals surface area contributed by atoms with Crippen LogP contribution in [0.3, 0.4) is 0 Å². The third kappa shape index (κ3) is 6.53. The standard InChI is InChI=1S/C24H6Br12O/c25-7-1-3-9(11(27)5-7)13-15(29)19(33)21(35)23(17(13)31)37-24-18(32)14(16(30)20(34)22(24)36)10-4-2-8(26)6-12(10)28/h1-6H.